The summed E-state index contributed by atoms with van der Waals surface area (Å²) in [6, 6.07) is 23.2. The fourth-order valence-corrected chi connectivity index (χ4v) is 7.61. The van der Waals surface area contributed by atoms with Gasteiger partial charge in [-0.2, -0.15) is 8.42 Å². The van der Waals surface area contributed by atoms with Crippen molar-refractivity contribution in [3.8, 4) is 11.5 Å². The lowest BCUT2D eigenvalue weighted by Crippen LogP contribution is -2.38. The lowest BCUT2D eigenvalue weighted by Gasteiger charge is -2.27. The Kier molecular flexibility index (Phi) is 8.76. The van der Waals surface area contributed by atoms with Crippen molar-refractivity contribution in [1.82, 2.24) is 0 Å². The van der Waals surface area contributed by atoms with Gasteiger partial charge in [-0.05, 0) is 92.4 Å². The zero-order chi connectivity index (χ0) is 30.8. The van der Waals surface area contributed by atoms with Gasteiger partial charge in [0.25, 0.3) is 10.1 Å². The molecule has 5 rings (SSSR count). The van der Waals surface area contributed by atoms with E-state index < -0.39 is 25.6 Å². The van der Waals surface area contributed by atoms with E-state index in [0.717, 1.165) is 11.1 Å². The Morgan fingerprint density at radius 2 is 1.53 bits per heavy atom. The van der Waals surface area contributed by atoms with Crippen LogP contribution in [0.1, 0.15) is 30.0 Å². The van der Waals surface area contributed by atoms with E-state index in [4.69, 9.17) is 25.3 Å². The predicted molar refractivity (Wildman–Crippen MR) is 165 cm³/mol. The van der Waals surface area contributed by atoms with Gasteiger partial charge in [0.1, 0.15) is 28.6 Å². The maximum absolute atomic E-state index is 13.7. The molecule has 0 radical (unpaired) electrons. The van der Waals surface area contributed by atoms with Crippen molar-refractivity contribution < 1.29 is 30.5 Å². The third-order valence-corrected chi connectivity index (χ3v) is 10.8. The topological polar surface area (TPSA) is 108 Å². The second-order valence-corrected chi connectivity index (χ2v) is 14.6. The lowest BCUT2D eigenvalue weighted by molar-refractivity contribution is 0.103. The fourth-order valence-electron chi connectivity index (χ4n) is 4.79. The number of halogens is 1. The fraction of sp³-hybridized carbons (Fsp3) is 0.250. The molecule has 0 aliphatic carbocycles. The normalized spacial score (nSPS) is 16.9. The average Bonchev–Trinajstić information content (AvgIpc) is 3.14. The van der Waals surface area contributed by atoms with Crippen LogP contribution in [0, 0.1) is 6.92 Å². The van der Waals surface area contributed by atoms with Crippen molar-refractivity contribution in [2.45, 2.75) is 53.6 Å². The SMILES string of the molecule is COc1cc2c(cc1S(=O)(=O)c1ccc(OCc3ccc(Cl)cc3)cc1)CCC(C)(OS(=O)(=O)c1ccc(C)cc1)CN2. The van der Waals surface area contributed by atoms with Crippen LogP contribution in [0.2, 0.25) is 5.02 Å². The molecule has 1 aliphatic heterocycles. The molecule has 1 atom stereocenters. The zero-order valence-electron chi connectivity index (χ0n) is 24.0. The van der Waals surface area contributed by atoms with Gasteiger partial charge in [-0.25, -0.2) is 8.42 Å². The van der Waals surface area contributed by atoms with E-state index in [0.29, 0.717) is 41.5 Å². The Balaban J connectivity index is 1.34. The Hall–Kier alpha value is -3.57. The van der Waals surface area contributed by atoms with Gasteiger partial charge in [-0.1, -0.05) is 41.4 Å². The number of hydrogen-bond donors (Lipinski definition) is 1. The van der Waals surface area contributed by atoms with Gasteiger partial charge in [0.05, 0.1) is 16.9 Å². The van der Waals surface area contributed by atoms with Gasteiger partial charge in [-0.15, -0.1) is 0 Å². The lowest BCUT2D eigenvalue weighted by atomic mass is 9.99. The van der Waals surface area contributed by atoms with Gasteiger partial charge >= 0.3 is 0 Å². The molecular weight excluding hydrogens is 610 g/mol. The number of rotatable bonds is 9. The maximum atomic E-state index is 13.7. The highest BCUT2D eigenvalue weighted by Crippen LogP contribution is 2.38. The molecule has 0 aromatic heterocycles. The number of aryl methyl sites for hydroxylation is 2. The summed E-state index contributed by atoms with van der Waals surface area (Å²) in [7, 11) is -6.57. The molecule has 1 N–H and O–H groups in total. The number of nitrogens with one attached hydrogen (secondary N) is 1. The summed E-state index contributed by atoms with van der Waals surface area (Å²) in [5, 5.41) is 3.88. The number of ether oxygens (including phenoxy) is 2. The third kappa shape index (κ3) is 6.99. The van der Waals surface area contributed by atoms with Crippen LogP contribution in [0.25, 0.3) is 0 Å². The summed E-state index contributed by atoms with van der Waals surface area (Å²) in [6.07, 6.45) is 0.718. The highest BCUT2D eigenvalue weighted by Gasteiger charge is 2.35. The van der Waals surface area contributed by atoms with E-state index in [1.54, 1.807) is 55.5 Å². The molecule has 0 spiro atoms. The first-order valence-electron chi connectivity index (χ1n) is 13.6. The molecule has 1 heterocycles. The molecule has 8 nitrogen and oxygen atoms in total. The highest BCUT2D eigenvalue weighted by atomic mass is 35.5. The van der Waals surface area contributed by atoms with Crippen LogP contribution in [0.3, 0.4) is 0 Å². The molecule has 0 bridgehead atoms. The van der Waals surface area contributed by atoms with Crippen LogP contribution in [0.4, 0.5) is 5.69 Å². The summed E-state index contributed by atoms with van der Waals surface area (Å²) in [5.41, 5.74) is 2.16. The monoisotopic (exact) mass is 641 g/mol. The summed E-state index contributed by atoms with van der Waals surface area (Å²) < 4.78 is 70.6. The molecule has 0 saturated heterocycles. The quantitative estimate of drug-likeness (QED) is 0.204. The molecule has 0 saturated carbocycles. The van der Waals surface area contributed by atoms with Crippen LogP contribution in [-0.4, -0.2) is 36.1 Å². The second-order valence-electron chi connectivity index (χ2n) is 10.7. The zero-order valence-corrected chi connectivity index (χ0v) is 26.4. The van der Waals surface area contributed by atoms with E-state index in [-0.39, 0.29) is 27.0 Å². The largest absolute Gasteiger partial charge is 0.495 e. The first-order valence-corrected chi connectivity index (χ1v) is 16.8. The van der Waals surface area contributed by atoms with Crippen molar-refractivity contribution >= 4 is 37.2 Å². The van der Waals surface area contributed by atoms with Crippen LogP contribution in [0.15, 0.2) is 99.6 Å². The Morgan fingerprint density at radius 1 is 0.884 bits per heavy atom. The number of hydrogen-bond acceptors (Lipinski definition) is 8. The van der Waals surface area contributed by atoms with Gasteiger partial charge < -0.3 is 14.8 Å². The van der Waals surface area contributed by atoms with Gasteiger partial charge in [0.15, 0.2) is 0 Å². The molecule has 4 aromatic rings. The van der Waals surface area contributed by atoms with E-state index in [1.165, 1.54) is 31.4 Å². The highest BCUT2D eigenvalue weighted by molar-refractivity contribution is 7.91. The van der Waals surface area contributed by atoms with Crippen LogP contribution >= 0.6 is 11.6 Å². The molecule has 226 valence electrons. The van der Waals surface area contributed by atoms with Crippen molar-refractivity contribution in [3.63, 3.8) is 0 Å². The van der Waals surface area contributed by atoms with E-state index >= 15 is 0 Å². The number of benzene rings is 4. The number of fused-ring (bicyclic) bond motifs is 1. The minimum atomic E-state index is -4.02. The van der Waals surface area contributed by atoms with Gasteiger partial charge in [-0.3, -0.25) is 4.18 Å². The third-order valence-electron chi connectivity index (χ3n) is 7.33. The smallest absolute Gasteiger partial charge is 0.297 e. The number of sulfone groups is 1. The van der Waals surface area contributed by atoms with Crippen molar-refractivity contribution in [1.29, 1.82) is 0 Å². The first kappa shape index (κ1) is 30.9. The Labute approximate surface area is 257 Å². The number of methoxy groups -OCH3 is 1. The number of anilines is 1. The Bertz CT molecular complexity index is 1820. The Morgan fingerprint density at radius 3 is 2.19 bits per heavy atom. The predicted octanol–water partition coefficient (Wildman–Crippen LogP) is 6.59. The first-order chi connectivity index (χ1) is 20.4. The van der Waals surface area contributed by atoms with E-state index in [1.807, 2.05) is 19.1 Å². The molecule has 43 heavy (non-hydrogen) atoms. The minimum Gasteiger partial charge on any atom is -0.495 e. The van der Waals surface area contributed by atoms with E-state index in [9.17, 15) is 16.8 Å². The molecule has 4 aromatic carbocycles. The van der Waals surface area contributed by atoms with Gasteiger partial charge in [0.2, 0.25) is 9.84 Å². The standard InChI is InChI=1S/C32H32ClNO7S2/c1-22-4-12-28(13-5-22)43(37,38)41-32(2)17-16-24-18-31(30(39-3)19-29(24)34-21-32)42(35,36)27-14-10-26(11-15-27)40-20-23-6-8-25(33)9-7-23/h4-15,18-19,34H,16-17,20-21H2,1-3H3. The molecule has 1 aliphatic rings. The molecular formula is C32H32ClNO7S2. The summed E-state index contributed by atoms with van der Waals surface area (Å²) >= 11 is 5.93. The average molecular weight is 642 g/mol. The minimum absolute atomic E-state index is 0.0159. The molecule has 11 heteroatoms. The van der Waals surface area contributed by atoms with Crippen molar-refractivity contribution in [2.24, 2.45) is 0 Å². The maximum Gasteiger partial charge on any atom is 0.297 e. The molecule has 0 amide bonds. The molecule has 1 unspecified atom stereocenters. The van der Waals surface area contributed by atoms with Crippen molar-refractivity contribution in [3.05, 3.63) is 107 Å². The second kappa shape index (κ2) is 12.2. The molecule has 0 fully saturated rings. The van der Waals surface area contributed by atoms with Crippen molar-refractivity contribution in [2.75, 3.05) is 19.0 Å². The van der Waals surface area contributed by atoms with Crippen LogP contribution in [0.5, 0.6) is 11.5 Å². The van der Waals surface area contributed by atoms with Crippen LogP contribution < -0.4 is 14.8 Å². The van der Waals surface area contributed by atoms with Gasteiger partial charge in [0, 0.05) is 23.3 Å². The van der Waals surface area contributed by atoms with Crippen LogP contribution in [-0.2, 0) is 37.2 Å². The summed E-state index contributed by atoms with van der Waals surface area (Å²) in [5.74, 6) is 0.693. The summed E-state index contributed by atoms with van der Waals surface area (Å²) in [4.78, 5) is 0.184. The van der Waals surface area contributed by atoms with E-state index in [2.05, 4.69) is 5.32 Å². The summed E-state index contributed by atoms with van der Waals surface area (Å²) in [6.45, 7) is 4.10.